The molecular formula is C16H12N2O2. The van der Waals surface area contributed by atoms with Crippen molar-refractivity contribution in [3.63, 3.8) is 0 Å². The van der Waals surface area contributed by atoms with Crippen LogP contribution in [0.3, 0.4) is 0 Å². The first-order chi connectivity index (χ1) is 9.44. The molecule has 1 rings (SSSR count). The van der Waals surface area contributed by atoms with E-state index in [1.165, 1.54) is 18.2 Å². The fraction of sp³-hybridized carbons (Fsp3) is 0.0625. The van der Waals surface area contributed by atoms with Crippen LogP contribution in [-0.2, 0) is 0 Å². The van der Waals surface area contributed by atoms with Crippen LogP contribution in [0.25, 0.3) is 6.08 Å². The number of hydrogen-bond donors (Lipinski definition) is 3. The number of nitrogens with two attached hydrogens (primary N) is 1. The summed E-state index contributed by atoms with van der Waals surface area (Å²) >= 11 is 0. The normalized spacial score (nSPS) is 11.8. The van der Waals surface area contributed by atoms with Gasteiger partial charge in [-0.1, -0.05) is 11.8 Å². The first kappa shape index (κ1) is 14.8. The molecule has 0 unspecified atom stereocenters. The molecule has 1 aromatic rings. The average Bonchev–Trinajstić information content (AvgIpc) is 2.43. The number of nitriles is 1. The highest BCUT2D eigenvalue weighted by Gasteiger charge is 2.08. The third-order valence-corrected chi connectivity index (χ3v) is 2.66. The van der Waals surface area contributed by atoms with E-state index in [2.05, 4.69) is 11.8 Å². The summed E-state index contributed by atoms with van der Waals surface area (Å²) in [5.74, 6) is 4.31. The molecule has 0 radical (unpaired) electrons. The fourth-order valence-electron chi connectivity index (χ4n) is 1.46. The van der Waals surface area contributed by atoms with Crippen molar-refractivity contribution in [3.8, 4) is 42.3 Å². The number of aromatic hydroxyl groups is 2. The van der Waals surface area contributed by atoms with Gasteiger partial charge in [0.25, 0.3) is 0 Å². The Morgan fingerprint density at radius 2 is 1.80 bits per heavy atom. The lowest BCUT2D eigenvalue weighted by molar-refractivity contribution is 0.443. The van der Waals surface area contributed by atoms with Gasteiger partial charge in [-0.15, -0.1) is 12.8 Å². The van der Waals surface area contributed by atoms with Crippen LogP contribution in [0.5, 0.6) is 11.5 Å². The van der Waals surface area contributed by atoms with Crippen molar-refractivity contribution in [2.24, 2.45) is 5.73 Å². The lowest BCUT2D eigenvalue weighted by atomic mass is 10.0. The minimum atomic E-state index is -0.0763. The summed E-state index contributed by atoms with van der Waals surface area (Å²) in [6.07, 6.45) is 11.9. The minimum Gasteiger partial charge on any atom is -0.508 e. The Balaban J connectivity index is 3.43. The van der Waals surface area contributed by atoms with E-state index in [0.29, 0.717) is 11.1 Å². The summed E-state index contributed by atoms with van der Waals surface area (Å²) in [5.41, 5.74) is 6.64. The van der Waals surface area contributed by atoms with Gasteiger partial charge in [0, 0.05) is 11.1 Å². The third-order valence-electron chi connectivity index (χ3n) is 2.66. The first-order valence-electron chi connectivity index (χ1n) is 5.52. The molecule has 0 aliphatic carbocycles. The molecular weight excluding hydrogens is 252 g/mol. The van der Waals surface area contributed by atoms with Gasteiger partial charge in [-0.2, -0.15) is 5.26 Å². The summed E-state index contributed by atoms with van der Waals surface area (Å²) in [5, 5.41) is 28.1. The van der Waals surface area contributed by atoms with Crippen molar-refractivity contribution in [1.82, 2.24) is 0 Å². The van der Waals surface area contributed by atoms with E-state index < -0.39 is 0 Å². The maximum Gasteiger partial charge on any atom is 0.126 e. The Bertz CT molecular complexity index is 696. The zero-order chi connectivity index (χ0) is 15.3. The molecule has 0 aromatic heterocycles. The molecule has 0 spiro atoms. The van der Waals surface area contributed by atoms with E-state index in [4.69, 9.17) is 23.8 Å². The number of allylic oxidation sites excluding steroid dienone is 2. The maximum absolute atomic E-state index is 9.64. The fourth-order valence-corrected chi connectivity index (χ4v) is 1.46. The Labute approximate surface area is 117 Å². The standard InChI is InChI=1S/C16H12N2O2/c1-4-12(16(18)13(5-2)9-17)6-11-7-14(19)10(3)15(20)8-11/h1-2,6-8,19-20H,18H2,3H3/b12-6+,16-13+. The molecule has 0 heterocycles. The molecule has 20 heavy (non-hydrogen) atoms. The van der Waals surface area contributed by atoms with Crippen molar-refractivity contribution in [2.45, 2.75) is 6.92 Å². The van der Waals surface area contributed by atoms with Crippen molar-refractivity contribution in [1.29, 1.82) is 5.26 Å². The molecule has 0 atom stereocenters. The molecule has 1 aromatic carbocycles. The van der Waals surface area contributed by atoms with E-state index in [9.17, 15) is 10.2 Å². The molecule has 0 fully saturated rings. The summed E-state index contributed by atoms with van der Waals surface area (Å²) in [7, 11) is 0. The van der Waals surface area contributed by atoms with Gasteiger partial charge in [-0.25, -0.2) is 0 Å². The van der Waals surface area contributed by atoms with Gasteiger partial charge in [0.05, 0.1) is 5.70 Å². The predicted molar refractivity (Wildman–Crippen MR) is 77.0 cm³/mol. The smallest absolute Gasteiger partial charge is 0.126 e. The van der Waals surface area contributed by atoms with Gasteiger partial charge in [-0.3, -0.25) is 0 Å². The second-order valence-corrected chi connectivity index (χ2v) is 3.93. The lowest BCUT2D eigenvalue weighted by Crippen LogP contribution is -2.03. The monoisotopic (exact) mass is 264 g/mol. The van der Waals surface area contributed by atoms with Gasteiger partial charge >= 0.3 is 0 Å². The number of phenolic OH excluding ortho intramolecular Hbond substituents is 2. The van der Waals surface area contributed by atoms with Crippen LogP contribution in [0.2, 0.25) is 0 Å². The minimum absolute atomic E-state index is 0.00273. The molecule has 0 aliphatic rings. The molecule has 0 aliphatic heterocycles. The van der Waals surface area contributed by atoms with Gasteiger partial charge in [0.2, 0.25) is 0 Å². The van der Waals surface area contributed by atoms with Crippen molar-refractivity contribution in [2.75, 3.05) is 0 Å². The lowest BCUT2D eigenvalue weighted by Gasteiger charge is -2.05. The summed E-state index contributed by atoms with van der Waals surface area (Å²) in [6, 6.07) is 4.60. The van der Waals surface area contributed by atoms with Gasteiger partial charge < -0.3 is 15.9 Å². The number of phenols is 2. The van der Waals surface area contributed by atoms with Crippen LogP contribution in [0.4, 0.5) is 0 Å². The number of benzene rings is 1. The van der Waals surface area contributed by atoms with Crippen LogP contribution in [0.1, 0.15) is 11.1 Å². The summed E-state index contributed by atoms with van der Waals surface area (Å²) < 4.78 is 0. The zero-order valence-corrected chi connectivity index (χ0v) is 10.8. The van der Waals surface area contributed by atoms with Crippen molar-refractivity contribution in [3.05, 3.63) is 40.1 Å². The number of hydrogen-bond acceptors (Lipinski definition) is 4. The number of rotatable bonds is 2. The molecule has 0 amide bonds. The molecule has 4 heteroatoms. The number of nitrogens with zero attached hydrogens (tertiary/aromatic N) is 1. The molecule has 4 N–H and O–H groups in total. The average molecular weight is 264 g/mol. The Morgan fingerprint density at radius 1 is 1.25 bits per heavy atom. The summed E-state index contributed by atoms with van der Waals surface area (Å²) in [6.45, 7) is 1.57. The van der Waals surface area contributed by atoms with Gasteiger partial charge in [0.15, 0.2) is 0 Å². The maximum atomic E-state index is 9.64. The van der Waals surface area contributed by atoms with Crippen LogP contribution < -0.4 is 5.73 Å². The Hall–Kier alpha value is -3.29. The second-order valence-electron chi connectivity index (χ2n) is 3.93. The zero-order valence-electron chi connectivity index (χ0n) is 10.8. The van der Waals surface area contributed by atoms with E-state index >= 15 is 0 Å². The SMILES string of the molecule is C#CC(=C\c1cc(O)c(C)c(O)c1)/C(N)=C(/C#C)C#N. The van der Waals surface area contributed by atoms with Crippen LogP contribution in [0, 0.1) is 42.9 Å². The van der Waals surface area contributed by atoms with Gasteiger partial charge in [-0.05, 0) is 30.7 Å². The number of terminal acetylenes is 2. The van der Waals surface area contributed by atoms with E-state index in [0.717, 1.165) is 0 Å². The predicted octanol–water partition coefficient (Wildman–Crippen LogP) is 1.79. The van der Waals surface area contributed by atoms with Crippen molar-refractivity contribution >= 4 is 6.08 Å². The molecule has 0 bridgehead atoms. The molecule has 4 nitrogen and oxygen atoms in total. The summed E-state index contributed by atoms with van der Waals surface area (Å²) in [4.78, 5) is 0. The largest absolute Gasteiger partial charge is 0.508 e. The second kappa shape index (κ2) is 6.05. The molecule has 98 valence electrons. The van der Waals surface area contributed by atoms with Crippen LogP contribution >= 0.6 is 0 Å². The van der Waals surface area contributed by atoms with Gasteiger partial charge in [0.1, 0.15) is 23.1 Å². The highest BCUT2D eigenvalue weighted by molar-refractivity contribution is 5.69. The highest BCUT2D eigenvalue weighted by Crippen LogP contribution is 2.29. The topological polar surface area (TPSA) is 90.3 Å². The van der Waals surface area contributed by atoms with E-state index in [-0.39, 0.29) is 28.3 Å². The van der Waals surface area contributed by atoms with E-state index in [1.807, 2.05) is 0 Å². The van der Waals surface area contributed by atoms with Crippen LogP contribution in [0.15, 0.2) is 29.0 Å². The Kier molecular flexibility index (Phi) is 4.47. The van der Waals surface area contributed by atoms with Crippen LogP contribution in [-0.4, -0.2) is 10.2 Å². The molecule has 0 saturated heterocycles. The first-order valence-corrected chi connectivity index (χ1v) is 5.52. The quantitative estimate of drug-likeness (QED) is 0.431. The Morgan fingerprint density at radius 3 is 2.20 bits per heavy atom. The van der Waals surface area contributed by atoms with E-state index in [1.54, 1.807) is 13.0 Å². The third kappa shape index (κ3) is 2.93. The molecule has 0 saturated carbocycles. The highest BCUT2D eigenvalue weighted by atomic mass is 16.3. The van der Waals surface area contributed by atoms with Crippen molar-refractivity contribution < 1.29 is 10.2 Å².